The van der Waals surface area contributed by atoms with E-state index in [9.17, 15) is 4.79 Å². The van der Waals surface area contributed by atoms with E-state index in [2.05, 4.69) is 20.9 Å². The van der Waals surface area contributed by atoms with E-state index < -0.39 is 5.97 Å². The monoisotopic (exact) mass is 273 g/mol. The van der Waals surface area contributed by atoms with Crippen molar-refractivity contribution in [2.24, 2.45) is 0 Å². The van der Waals surface area contributed by atoms with Gasteiger partial charge in [0.1, 0.15) is 5.69 Å². The molecule has 0 aliphatic heterocycles. The highest BCUT2D eigenvalue weighted by atomic mass is 79.9. The zero-order chi connectivity index (χ0) is 11.1. The third-order valence-corrected chi connectivity index (χ3v) is 2.13. The summed E-state index contributed by atoms with van der Waals surface area (Å²) in [4.78, 5) is 15.3. The molecule has 0 radical (unpaired) electrons. The number of hydrogen-bond acceptors (Lipinski definition) is 4. The van der Waals surface area contributed by atoms with Crippen LogP contribution in [0.5, 0.6) is 0 Å². The Morgan fingerprint density at radius 3 is 2.87 bits per heavy atom. The van der Waals surface area contributed by atoms with Crippen molar-refractivity contribution in [3.63, 3.8) is 0 Å². The van der Waals surface area contributed by atoms with E-state index in [1.807, 2.05) is 0 Å². The molecule has 4 nitrogen and oxygen atoms in total. The first-order valence-corrected chi connectivity index (χ1v) is 5.31. The molecule has 0 fully saturated rings. The lowest BCUT2D eigenvalue weighted by atomic mass is 10.3. The van der Waals surface area contributed by atoms with Crippen molar-refractivity contribution in [2.45, 2.75) is 6.42 Å². The molecular formula is C10H12BrNO3. The normalized spacial score (nSPS) is 10.0. The fourth-order valence-corrected chi connectivity index (χ4v) is 1.17. The number of hydrogen-bond donors (Lipinski definition) is 0. The number of halogens is 1. The van der Waals surface area contributed by atoms with Gasteiger partial charge >= 0.3 is 5.97 Å². The second-order valence-corrected chi connectivity index (χ2v) is 3.76. The third-order valence-electron chi connectivity index (χ3n) is 1.66. The summed E-state index contributed by atoms with van der Waals surface area (Å²) in [6.45, 7) is 0.936. The molecule has 82 valence electrons. The Morgan fingerprint density at radius 1 is 1.47 bits per heavy atom. The number of aromatic nitrogens is 1. The largest absolute Gasteiger partial charge is 0.461 e. The molecule has 0 aliphatic rings. The van der Waals surface area contributed by atoms with E-state index in [0.29, 0.717) is 25.3 Å². The van der Waals surface area contributed by atoms with Crippen LogP contribution in [0.15, 0.2) is 22.8 Å². The molecule has 0 N–H and O–H groups in total. The fraction of sp³-hybridized carbons (Fsp3) is 0.400. The summed E-state index contributed by atoms with van der Waals surface area (Å²) in [6.07, 6.45) is 2.25. The van der Waals surface area contributed by atoms with E-state index in [0.717, 1.165) is 4.47 Å². The molecule has 0 bridgehead atoms. The molecule has 1 heterocycles. The summed E-state index contributed by atoms with van der Waals surface area (Å²) in [6, 6.07) is 3.36. The quantitative estimate of drug-likeness (QED) is 0.609. The van der Waals surface area contributed by atoms with Crippen molar-refractivity contribution >= 4 is 21.9 Å². The minimum atomic E-state index is -0.404. The van der Waals surface area contributed by atoms with Crippen LogP contribution in [-0.2, 0) is 9.47 Å². The van der Waals surface area contributed by atoms with Crippen molar-refractivity contribution in [3.8, 4) is 0 Å². The van der Waals surface area contributed by atoms with Gasteiger partial charge in [-0.1, -0.05) is 0 Å². The first-order chi connectivity index (χ1) is 7.24. The van der Waals surface area contributed by atoms with Gasteiger partial charge in [0.05, 0.1) is 6.61 Å². The van der Waals surface area contributed by atoms with Gasteiger partial charge in [-0.25, -0.2) is 9.78 Å². The fourth-order valence-electron chi connectivity index (χ4n) is 0.939. The van der Waals surface area contributed by atoms with E-state index in [1.54, 1.807) is 25.4 Å². The van der Waals surface area contributed by atoms with Gasteiger partial charge in [0.2, 0.25) is 0 Å². The standard InChI is InChI=1S/C10H12BrNO3/c1-14-5-2-6-15-10(13)9-4-3-8(11)7-12-9/h3-4,7H,2,5-6H2,1H3. The highest BCUT2D eigenvalue weighted by Gasteiger charge is 2.07. The Labute approximate surface area is 96.7 Å². The minimum Gasteiger partial charge on any atom is -0.461 e. The lowest BCUT2D eigenvalue weighted by Gasteiger charge is -2.03. The molecule has 0 unspecified atom stereocenters. The van der Waals surface area contributed by atoms with E-state index in [1.165, 1.54) is 0 Å². The molecule has 1 aromatic heterocycles. The zero-order valence-corrected chi connectivity index (χ0v) is 9.99. The Balaban J connectivity index is 2.37. The summed E-state index contributed by atoms with van der Waals surface area (Å²) in [5.74, 6) is -0.404. The number of nitrogens with zero attached hydrogens (tertiary/aromatic N) is 1. The van der Waals surface area contributed by atoms with Gasteiger partial charge in [-0.2, -0.15) is 0 Å². The zero-order valence-electron chi connectivity index (χ0n) is 8.40. The van der Waals surface area contributed by atoms with Crippen LogP contribution in [0.1, 0.15) is 16.9 Å². The second kappa shape index (κ2) is 6.53. The number of carbonyl (C=O) groups is 1. The molecular weight excluding hydrogens is 262 g/mol. The molecule has 0 atom stereocenters. The molecule has 1 rings (SSSR count). The van der Waals surface area contributed by atoms with Crippen LogP contribution >= 0.6 is 15.9 Å². The van der Waals surface area contributed by atoms with Crippen molar-refractivity contribution in [2.75, 3.05) is 20.3 Å². The van der Waals surface area contributed by atoms with Crippen LogP contribution in [0.4, 0.5) is 0 Å². The molecule has 0 saturated heterocycles. The van der Waals surface area contributed by atoms with Gasteiger partial charge in [0, 0.05) is 30.8 Å². The highest BCUT2D eigenvalue weighted by molar-refractivity contribution is 9.10. The van der Waals surface area contributed by atoms with Crippen LogP contribution in [0.3, 0.4) is 0 Å². The number of carbonyl (C=O) groups excluding carboxylic acids is 1. The van der Waals surface area contributed by atoms with Crippen LogP contribution in [0.25, 0.3) is 0 Å². The van der Waals surface area contributed by atoms with Crippen LogP contribution in [0.2, 0.25) is 0 Å². The number of methoxy groups -OCH3 is 1. The van der Waals surface area contributed by atoms with E-state index in [-0.39, 0.29) is 0 Å². The van der Waals surface area contributed by atoms with E-state index >= 15 is 0 Å². The van der Waals surface area contributed by atoms with Crippen LogP contribution in [0, 0.1) is 0 Å². The third kappa shape index (κ3) is 4.40. The molecule has 0 saturated carbocycles. The summed E-state index contributed by atoms with van der Waals surface area (Å²) in [5, 5.41) is 0. The van der Waals surface area contributed by atoms with Crippen molar-refractivity contribution in [1.29, 1.82) is 0 Å². The maximum atomic E-state index is 11.4. The van der Waals surface area contributed by atoms with Gasteiger partial charge in [-0.3, -0.25) is 0 Å². The van der Waals surface area contributed by atoms with E-state index in [4.69, 9.17) is 9.47 Å². The molecule has 0 amide bonds. The summed E-state index contributed by atoms with van der Waals surface area (Å²) >= 11 is 3.24. The highest BCUT2D eigenvalue weighted by Crippen LogP contribution is 2.08. The smallest absolute Gasteiger partial charge is 0.356 e. The predicted octanol–water partition coefficient (Wildman–Crippen LogP) is 2.04. The average molecular weight is 274 g/mol. The summed E-state index contributed by atoms with van der Waals surface area (Å²) in [7, 11) is 1.61. The lowest BCUT2D eigenvalue weighted by molar-refractivity contribution is 0.0461. The summed E-state index contributed by atoms with van der Waals surface area (Å²) < 4.78 is 10.6. The molecule has 15 heavy (non-hydrogen) atoms. The van der Waals surface area contributed by atoms with Gasteiger partial charge in [-0.15, -0.1) is 0 Å². The molecule has 1 aromatic rings. The van der Waals surface area contributed by atoms with Gasteiger partial charge in [0.25, 0.3) is 0 Å². The first kappa shape index (κ1) is 12.1. The molecule has 5 heteroatoms. The van der Waals surface area contributed by atoms with Gasteiger partial charge in [0.15, 0.2) is 0 Å². The number of esters is 1. The lowest BCUT2D eigenvalue weighted by Crippen LogP contribution is -2.09. The second-order valence-electron chi connectivity index (χ2n) is 2.84. The van der Waals surface area contributed by atoms with Crippen LogP contribution in [-0.4, -0.2) is 31.3 Å². The predicted molar refractivity (Wildman–Crippen MR) is 58.7 cm³/mol. The Bertz CT molecular complexity index is 313. The first-order valence-electron chi connectivity index (χ1n) is 4.51. The number of rotatable bonds is 5. The Hall–Kier alpha value is -0.940. The molecule has 0 aromatic carbocycles. The maximum absolute atomic E-state index is 11.4. The van der Waals surface area contributed by atoms with Crippen molar-refractivity contribution < 1.29 is 14.3 Å². The van der Waals surface area contributed by atoms with Crippen LogP contribution < -0.4 is 0 Å². The summed E-state index contributed by atoms with van der Waals surface area (Å²) in [5.41, 5.74) is 0.315. The number of pyridine rings is 1. The molecule has 0 aliphatic carbocycles. The SMILES string of the molecule is COCCCOC(=O)c1ccc(Br)cn1. The van der Waals surface area contributed by atoms with Crippen molar-refractivity contribution in [1.82, 2.24) is 4.98 Å². The molecule has 0 spiro atoms. The maximum Gasteiger partial charge on any atom is 0.356 e. The van der Waals surface area contributed by atoms with Gasteiger partial charge in [-0.05, 0) is 28.1 Å². The van der Waals surface area contributed by atoms with Crippen molar-refractivity contribution in [3.05, 3.63) is 28.5 Å². The Kier molecular flexibility index (Phi) is 5.28. The Morgan fingerprint density at radius 2 is 2.27 bits per heavy atom. The number of ether oxygens (including phenoxy) is 2. The van der Waals surface area contributed by atoms with Gasteiger partial charge < -0.3 is 9.47 Å². The topological polar surface area (TPSA) is 48.4 Å². The minimum absolute atomic E-state index is 0.315. The average Bonchev–Trinajstić information content (AvgIpc) is 2.25.